The predicted molar refractivity (Wildman–Crippen MR) is 28.0 cm³/mol. The summed E-state index contributed by atoms with van der Waals surface area (Å²) in [6.45, 7) is -0.0278. The van der Waals surface area contributed by atoms with Gasteiger partial charge < -0.3 is 25.8 Å². The lowest BCUT2D eigenvalue weighted by Crippen LogP contribution is -2.54. The van der Waals surface area contributed by atoms with Crippen LogP contribution in [0.5, 0.6) is 0 Å². The van der Waals surface area contributed by atoms with Crippen molar-refractivity contribution < 1.29 is 35.4 Å². The van der Waals surface area contributed by atoms with Gasteiger partial charge in [-0.2, -0.15) is 0 Å². The highest BCUT2D eigenvalue weighted by Crippen LogP contribution is 1.49. The quantitative estimate of drug-likeness (QED) is 0.339. The summed E-state index contributed by atoms with van der Waals surface area (Å²) in [5, 5.41) is 24.0. The number of hydrogen-bond donors (Lipinski definition) is 3. The molecule has 7 nitrogen and oxygen atoms in total. The van der Waals surface area contributed by atoms with Gasteiger partial charge in [0.15, 0.2) is 12.5 Å². The van der Waals surface area contributed by atoms with Crippen molar-refractivity contribution in [2.75, 3.05) is 6.54 Å². The van der Waals surface area contributed by atoms with Gasteiger partial charge in [0.25, 0.3) is 0 Å². The molecule has 0 aromatic heterocycles. The summed E-state index contributed by atoms with van der Waals surface area (Å²) in [6.07, 6.45) is 0. The number of quaternary nitrogens is 1. The van der Waals surface area contributed by atoms with Crippen molar-refractivity contribution in [2.24, 2.45) is 0 Å². The summed E-state index contributed by atoms with van der Waals surface area (Å²) in [6, 6.07) is 0. The van der Waals surface area contributed by atoms with E-state index in [9.17, 15) is 4.79 Å². The van der Waals surface area contributed by atoms with Gasteiger partial charge >= 0.3 is 11.9 Å². The smallest absolute Gasteiger partial charge is 0.359 e. The Bertz CT molecular complexity index is 152. The van der Waals surface area contributed by atoms with E-state index in [4.69, 9.17) is 24.9 Å². The third-order valence-corrected chi connectivity index (χ3v) is 0.388. The minimum atomic E-state index is -2.07. The first-order valence-corrected chi connectivity index (χ1v) is 2.37. The number of carbonyl (C=O) groups is 3. The zero-order valence-electron chi connectivity index (χ0n) is 5.44. The topological polar surface area (TPSA) is 142 Å². The van der Waals surface area contributed by atoms with Crippen LogP contribution in [0.2, 0.25) is 0 Å². The van der Waals surface area contributed by atoms with E-state index in [0.29, 0.717) is 0 Å². The normalized spacial score (nSPS) is 7.36. The lowest BCUT2D eigenvalue weighted by Gasteiger charge is -1.85. The highest BCUT2D eigenvalue weighted by molar-refractivity contribution is 6.26. The highest BCUT2D eigenvalue weighted by Gasteiger charge is 1.90. The van der Waals surface area contributed by atoms with Crippen molar-refractivity contribution in [1.29, 1.82) is 0 Å². The number of aliphatic carboxylic acids is 3. The molecular formula is C4H7NO6. The Morgan fingerprint density at radius 3 is 1.45 bits per heavy atom. The van der Waals surface area contributed by atoms with Crippen LogP contribution in [0, 0.1) is 0 Å². The maximum Gasteiger partial charge on any atom is 0.359 e. The number of carboxylic acids is 3. The van der Waals surface area contributed by atoms with Gasteiger partial charge in [-0.15, -0.1) is 0 Å². The van der Waals surface area contributed by atoms with E-state index in [1.807, 2.05) is 0 Å². The van der Waals surface area contributed by atoms with Gasteiger partial charge in [-0.25, -0.2) is 9.59 Å². The summed E-state index contributed by atoms with van der Waals surface area (Å²) in [4.78, 5) is 27.3. The van der Waals surface area contributed by atoms with Crippen LogP contribution < -0.4 is 10.8 Å². The molecule has 0 saturated carbocycles. The van der Waals surface area contributed by atoms with Gasteiger partial charge in [-0.1, -0.05) is 0 Å². The Morgan fingerprint density at radius 2 is 1.45 bits per heavy atom. The van der Waals surface area contributed by atoms with E-state index in [1.54, 1.807) is 0 Å². The highest BCUT2D eigenvalue weighted by atomic mass is 16.4. The molecule has 5 N–H and O–H groups in total. The summed E-state index contributed by atoms with van der Waals surface area (Å²) in [5.41, 5.74) is 3.09. The van der Waals surface area contributed by atoms with E-state index < -0.39 is 17.9 Å². The SMILES string of the molecule is O=C([O-])C(=O)O.[NH3+]CC(=O)O. The van der Waals surface area contributed by atoms with Crippen LogP contribution in [0.3, 0.4) is 0 Å². The first-order valence-electron chi connectivity index (χ1n) is 2.37. The molecule has 0 aromatic carbocycles. The Labute approximate surface area is 61.0 Å². The molecule has 0 bridgehead atoms. The van der Waals surface area contributed by atoms with E-state index in [-0.39, 0.29) is 6.54 Å². The molecule has 0 aliphatic rings. The molecule has 0 aliphatic heterocycles. The Morgan fingerprint density at radius 1 is 1.27 bits per heavy atom. The summed E-state index contributed by atoms with van der Waals surface area (Å²) < 4.78 is 0. The van der Waals surface area contributed by atoms with Gasteiger partial charge in [0.1, 0.15) is 0 Å². The molecule has 0 aliphatic carbocycles. The molecule has 0 fully saturated rings. The standard InChI is InChI=1S/C2H5NO2.C2H2O4/c3-1-2(4)5;3-1(4)2(5)6/h1,3H2,(H,4,5);(H,3,4)(H,5,6). The Balaban J connectivity index is 0. The molecule has 0 unspecified atom stereocenters. The average Bonchev–Trinajstić information content (AvgIpc) is 1.89. The molecule has 7 heteroatoms. The summed E-state index contributed by atoms with van der Waals surface area (Å²) >= 11 is 0. The molecule has 11 heavy (non-hydrogen) atoms. The van der Waals surface area contributed by atoms with Crippen LogP contribution in [0.4, 0.5) is 0 Å². The Hall–Kier alpha value is -1.63. The van der Waals surface area contributed by atoms with Crippen LogP contribution in [0.15, 0.2) is 0 Å². The molecule has 0 atom stereocenters. The van der Waals surface area contributed by atoms with Crippen LogP contribution in [-0.4, -0.2) is 34.7 Å². The Kier molecular flexibility index (Phi) is 7.13. The zero-order valence-corrected chi connectivity index (χ0v) is 5.44. The van der Waals surface area contributed by atoms with Gasteiger partial charge in [-0.3, -0.25) is 0 Å². The second-order valence-electron chi connectivity index (χ2n) is 1.24. The molecule has 0 saturated heterocycles. The third-order valence-electron chi connectivity index (χ3n) is 0.388. The zero-order chi connectivity index (χ0) is 9.44. The van der Waals surface area contributed by atoms with Crippen LogP contribution in [0.25, 0.3) is 0 Å². The molecule has 0 aromatic rings. The van der Waals surface area contributed by atoms with Crippen LogP contribution in [-0.2, 0) is 14.4 Å². The fraction of sp³-hybridized carbons (Fsp3) is 0.250. The largest absolute Gasteiger partial charge is 0.539 e. The molecular weight excluding hydrogens is 158 g/mol. The second kappa shape index (κ2) is 6.49. The lowest BCUT2D eigenvalue weighted by molar-refractivity contribution is -0.358. The minimum absolute atomic E-state index is 0.0278. The van der Waals surface area contributed by atoms with Crippen molar-refractivity contribution in [3.63, 3.8) is 0 Å². The van der Waals surface area contributed by atoms with E-state index in [2.05, 4.69) is 5.73 Å². The number of hydrogen-bond acceptors (Lipinski definition) is 4. The number of carboxylic acid groups (broad SMARTS) is 3. The van der Waals surface area contributed by atoms with Crippen molar-refractivity contribution in [1.82, 2.24) is 0 Å². The molecule has 0 heterocycles. The van der Waals surface area contributed by atoms with E-state index in [1.165, 1.54) is 0 Å². The predicted octanol–water partition coefficient (Wildman–Crippen LogP) is -3.87. The van der Waals surface area contributed by atoms with Crippen LogP contribution >= 0.6 is 0 Å². The fourth-order valence-corrected chi connectivity index (χ4v) is 0. The first-order chi connectivity index (χ1) is 4.91. The van der Waals surface area contributed by atoms with Gasteiger partial charge in [0.2, 0.25) is 0 Å². The van der Waals surface area contributed by atoms with E-state index in [0.717, 1.165) is 0 Å². The lowest BCUT2D eigenvalue weighted by atomic mass is 10.7. The number of carbonyl (C=O) groups excluding carboxylic acids is 1. The van der Waals surface area contributed by atoms with Crippen molar-refractivity contribution >= 4 is 17.9 Å². The van der Waals surface area contributed by atoms with Gasteiger partial charge in [0, 0.05) is 0 Å². The fourth-order valence-electron chi connectivity index (χ4n) is 0. The third kappa shape index (κ3) is 17.8. The first kappa shape index (κ1) is 12.1. The van der Waals surface area contributed by atoms with Gasteiger partial charge in [0.05, 0.1) is 0 Å². The second-order valence-corrected chi connectivity index (χ2v) is 1.24. The van der Waals surface area contributed by atoms with E-state index >= 15 is 0 Å². The molecule has 0 spiro atoms. The summed E-state index contributed by atoms with van der Waals surface area (Å²) in [5.74, 6) is -4.87. The monoisotopic (exact) mass is 165 g/mol. The van der Waals surface area contributed by atoms with Crippen molar-refractivity contribution in [3.05, 3.63) is 0 Å². The van der Waals surface area contributed by atoms with Crippen molar-refractivity contribution in [3.8, 4) is 0 Å². The average molecular weight is 165 g/mol. The van der Waals surface area contributed by atoms with Crippen LogP contribution in [0.1, 0.15) is 0 Å². The number of rotatable bonds is 1. The van der Waals surface area contributed by atoms with Gasteiger partial charge in [-0.05, 0) is 0 Å². The maximum absolute atomic E-state index is 9.31. The summed E-state index contributed by atoms with van der Waals surface area (Å²) in [7, 11) is 0. The molecule has 0 amide bonds. The molecule has 0 rings (SSSR count). The molecule has 0 radical (unpaired) electrons. The molecule has 64 valence electrons. The minimum Gasteiger partial charge on any atom is -0.539 e. The van der Waals surface area contributed by atoms with Crippen molar-refractivity contribution in [2.45, 2.75) is 0 Å². The maximum atomic E-state index is 9.31.